The Bertz CT molecular complexity index is 588. The SMILES string of the molecule is CC(C)c1ccc2c(c1)Nc1ccncc1CCC2. The number of anilines is 2. The Labute approximate surface area is 114 Å². The maximum absolute atomic E-state index is 4.23. The van der Waals surface area contributed by atoms with Gasteiger partial charge in [-0.2, -0.15) is 0 Å². The van der Waals surface area contributed by atoms with E-state index in [1.807, 2.05) is 12.4 Å². The van der Waals surface area contributed by atoms with Gasteiger partial charge in [-0.05, 0) is 54.0 Å². The second-order valence-corrected chi connectivity index (χ2v) is 5.58. The highest BCUT2D eigenvalue weighted by molar-refractivity contribution is 5.67. The van der Waals surface area contributed by atoms with E-state index in [0.717, 1.165) is 12.8 Å². The van der Waals surface area contributed by atoms with Crippen LogP contribution in [0.1, 0.15) is 42.9 Å². The van der Waals surface area contributed by atoms with E-state index in [4.69, 9.17) is 0 Å². The lowest BCUT2D eigenvalue weighted by Crippen LogP contribution is -2.05. The van der Waals surface area contributed by atoms with Gasteiger partial charge in [0.05, 0.1) is 0 Å². The average Bonchev–Trinajstić information content (AvgIpc) is 2.38. The minimum absolute atomic E-state index is 0.564. The molecule has 19 heavy (non-hydrogen) atoms. The lowest BCUT2D eigenvalue weighted by molar-refractivity contribution is 0.809. The molecule has 98 valence electrons. The maximum atomic E-state index is 4.23. The molecule has 1 aliphatic rings. The van der Waals surface area contributed by atoms with Gasteiger partial charge in [0.25, 0.3) is 0 Å². The van der Waals surface area contributed by atoms with Crippen LogP contribution in [0.5, 0.6) is 0 Å². The van der Waals surface area contributed by atoms with Crippen molar-refractivity contribution in [2.45, 2.75) is 39.0 Å². The number of fused-ring (bicyclic) bond motifs is 2. The van der Waals surface area contributed by atoms with Crippen molar-refractivity contribution in [3.05, 3.63) is 53.3 Å². The summed E-state index contributed by atoms with van der Waals surface area (Å²) < 4.78 is 0. The molecule has 2 heterocycles. The van der Waals surface area contributed by atoms with E-state index >= 15 is 0 Å². The van der Waals surface area contributed by atoms with Crippen LogP contribution < -0.4 is 5.32 Å². The molecular formula is C17H20N2. The monoisotopic (exact) mass is 252 g/mol. The molecule has 0 spiro atoms. The van der Waals surface area contributed by atoms with E-state index in [9.17, 15) is 0 Å². The molecule has 0 atom stereocenters. The predicted molar refractivity (Wildman–Crippen MR) is 80.1 cm³/mol. The molecule has 2 aromatic rings. The zero-order chi connectivity index (χ0) is 13.2. The Morgan fingerprint density at radius 3 is 2.74 bits per heavy atom. The molecule has 0 saturated heterocycles. The van der Waals surface area contributed by atoms with Crippen LogP contribution in [-0.2, 0) is 12.8 Å². The number of nitrogens with zero attached hydrogens (tertiary/aromatic N) is 1. The smallest absolute Gasteiger partial charge is 0.0447 e. The molecule has 0 bridgehead atoms. The molecule has 2 heteroatoms. The van der Waals surface area contributed by atoms with Crippen LogP contribution in [0.25, 0.3) is 0 Å². The molecule has 1 N–H and O–H groups in total. The molecule has 0 radical (unpaired) electrons. The zero-order valence-electron chi connectivity index (χ0n) is 11.6. The van der Waals surface area contributed by atoms with E-state index in [-0.39, 0.29) is 0 Å². The average molecular weight is 252 g/mol. The number of benzene rings is 1. The summed E-state index contributed by atoms with van der Waals surface area (Å²) in [6.07, 6.45) is 7.27. The number of hydrogen-bond acceptors (Lipinski definition) is 2. The van der Waals surface area contributed by atoms with Crippen molar-refractivity contribution in [1.29, 1.82) is 0 Å². The Morgan fingerprint density at radius 1 is 1.05 bits per heavy atom. The van der Waals surface area contributed by atoms with Crippen LogP contribution in [0, 0.1) is 0 Å². The van der Waals surface area contributed by atoms with Crippen LogP contribution in [0.15, 0.2) is 36.7 Å². The third-order valence-electron chi connectivity index (χ3n) is 3.87. The van der Waals surface area contributed by atoms with Crippen LogP contribution in [-0.4, -0.2) is 4.98 Å². The molecule has 0 unspecified atom stereocenters. The topological polar surface area (TPSA) is 24.9 Å². The Morgan fingerprint density at radius 2 is 1.89 bits per heavy atom. The van der Waals surface area contributed by atoms with Gasteiger partial charge in [0.15, 0.2) is 0 Å². The summed E-state index contributed by atoms with van der Waals surface area (Å²) in [5, 5.41) is 3.60. The number of rotatable bonds is 1. The van der Waals surface area contributed by atoms with E-state index in [0.29, 0.717) is 5.92 Å². The van der Waals surface area contributed by atoms with Gasteiger partial charge in [0.2, 0.25) is 0 Å². The maximum Gasteiger partial charge on any atom is 0.0447 e. The number of aromatic nitrogens is 1. The molecule has 0 saturated carbocycles. The molecule has 3 rings (SSSR count). The molecule has 1 aromatic heterocycles. The first-order chi connectivity index (χ1) is 9.24. The molecule has 2 nitrogen and oxygen atoms in total. The fraction of sp³-hybridized carbons (Fsp3) is 0.353. The zero-order valence-corrected chi connectivity index (χ0v) is 11.6. The van der Waals surface area contributed by atoms with Crippen LogP contribution in [0.2, 0.25) is 0 Å². The summed E-state index contributed by atoms with van der Waals surface area (Å²) in [4.78, 5) is 4.23. The normalized spacial score (nSPS) is 14.1. The quantitative estimate of drug-likeness (QED) is 0.811. The first kappa shape index (κ1) is 12.2. The fourth-order valence-electron chi connectivity index (χ4n) is 2.65. The van der Waals surface area contributed by atoms with Gasteiger partial charge < -0.3 is 5.32 Å². The molecule has 0 aliphatic carbocycles. The lowest BCUT2D eigenvalue weighted by Gasteiger charge is -2.20. The lowest BCUT2D eigenvalue weighted by atomic mass is 9.95. The van der Waals surface area contributed by atoms with Crippen LogP contribution in [0.4, 0.5) is 11.4 Å². The van der Waals surface area contributed by atoms with Crippen molar-refractivity contribution in [1.82, 2.24) is 4.98 Å². The van der Waals surface area contributed by atoms with Gasteiger partial charge in [0.1, 0.15) is 0 Å². The van der Waals surface area contributed by atoms with Crippen LogP contribution >= 0.6 is 0 Å². The van der Waals surface area contributed by atoms with E-state index in [2.05, 4.69) is 48.4 Å². The Balaban J connectivity index is 2.03. The van der Waals surface area contributed by atoms with Gasteiger partial charge in [-0.25, -0.2) is 0 Å². The first-order valence-electron chi connectivity index (χ1n) is 7.07. The van der Waals surface area contributed by atoms with Gasteiger partial charge in [0, 0.05) is 23.8 Å². The number of nitrogens with one attached hydrogen (secondary N) is 1. The Kier molecular flexibility index (Phi) is 3.24. The summed E-state index contributed by atoms with van der Waals surface area (Å²) in [6.45, 7) is 4.48. The van der Waals surface area contributed by atoms with Crippen molar-refractivity contribution < 1.29 is 0 Å². The highest BCUT2D eigenvalue weighted by Gasteiger charge is 2.12. The van der Waals surface area contributed by atoms with Gasteiger partial charge in [-0.3, -0.25) is 4.98 Å². The van der Waals surface area contributed by atoms with Crippen molar-refractivity contribution in [3.8, 4) is 0 Å². The first-order valence-corrected chi connectivity index (χ1v) is 7.07. The molecule has 0 fully saturated rings. The standard InChI is InChI=1S/C17H20N2/c1-12(2)14-7-6-13-4-3-5-15-11-18-9-8-16(15)19-17(13)10-14/h6-12,19H,3-5H2,1-2H3. The molecule has 1 aromatic carbocycles. The van der Waals surface area contributed by atoms with Crippen molar-refractivity contribution in [3.63, 3.8) is 0 Å². The van der Waals surface area contributed by atoms with Gasteiger partial charge >= 0.3 is 0 Å². The minimum Gasteiger partial charge on any atom is -0.355 e. The van der Waals surface area contributed by atoms with Gasteiger partial charge in [-0.15, -0.1) is 0 Å². The highest BCUT2D eigenvalue weighted by atomic mass is 14.9. The van der Waals surface area contributed by atoms with Crippen LogP contribution in [0.3, 0.4) is 0 Å². The van der Waals surface area contributed by atoms with E-state index in [1.165, 1.54) is 34.5 Å². The largest absolute Gasteiger partial charge is 0.355 e. The molecule has 0 amide bonds. The summed E-state index contributed by atoms with van der Waals surface area (Å²) in [5.74, 6) is 0.564. The highest BCUT2D eigenvalue weighted by Crippen LogP contribution is 2.30. The molecule has 1 aliphatic heterocycles. The summed E-state index contributed by atoms with van der Waals surface area (Å²) in [6, 6.07) is 8.92. The second-order valence-electron chi connectivity index (χ2n) is 5.58. The van der Waals surface area contributed by atoms with Crippen molar-refractivity contribution in [2.75, 3.05) is 5.32 Å². The third-order valence-corrected chi connectivity index (χ3v) is 3.87. The number of hydrogen-bond donors (Lipinski definition) is 1. The fourth-order valence-corrected chi connectivity index (χ4v) is 2.65. The number of aryl methyl sites for hydroxylation is 2. The minimum atomic E-state index is 0.564. The molecular weight excluding hydrogens is 232 g/mol. The summed E-state index contributed by atoms with van der Waals surface area (Å²) in [7, 11) is 0. The van der Waals surface area contributed by atoms with Gasteiger partial charge in [-0.1, -0.05) is 26.0 Å². The Hall–Kier alpha value is -1.83. The van der Waals surface area contributed by atoms with E-state index in [1.54, 1.807) is 0 Å². The van der Waals surface area contributed by atoms with Crippen molar-refractivity contribution >= 4 is 11.4 Å². The number of pyridine rings is 1. The summed E-state index contributed by atoms with van der Waals surface area (Å²) in [5.41, 5.74) is 6.60. The van der Waals surface area contributed by atoms with Crippen molar-refractivity contribution in [2.24, 2.45) is 0 Å². The van der Waals surface area contributed by atoms with E-state index < -0.39 is 0 Å². The third kappa shape index (κ3) is 2.48. The predicted octanol–water partition coefficient (Wildman–Crippen LogP) is 4.44. The summed E-state index contributed by atoms with van der Waals surface area (Å²) >= 11 is 0. The second kappa shape index (κ2) is 5.04.